The molecule has 1 aliphatic heterocycles. The maximum Gasteiger partial charge on any atom is 0.203 e. The van der Waals surface area contributed by atoms with Crippen LogP contribution in [0.15, 0.2) is 59.0 Å². The van der Waals surface area contributed by atoms with E-state index < -0.39 is 0 Å². The van der Waals surface area contributed by atoms with Gasteiger partial charge in [-0.1, -0.05) is 12.1 Å². The molecule has 0 amide bonds. The molecule has 0 aliphatic carbocycles. The zero-order valence-electron chi connectivity index (χ0n) is 14.2. The number of rotatable bonds is 5. The molecule has 1 fully saturated rings. The molecule has 0 bridgehead atoms. The van der Waals surface area contributed by atoms with Gasteiger partial charge in [0.15, 0.2) is 0 Å². The summed E-state index contributed by atoms with van der Waals surface area (Å²) in [4.78, 5) is 6.88. The van der Waals surface area contributed by atoms with Gasteiger partial charge in [-0.3, -0.25) is 5.43 Å². The number of halogens is 1. The Morgan fingerprint density at radius 1 is 1.04 bits per heavy atom. The number of hydrogen-bond acceptors (Lipinski definition) is 5. The van der Waals surface area contributed by atoms with Gasteiger partial charge in [0, 0.05) is 29.7 Å². The summed E-state index contributed by atoms with van der Waals surface area (Å²) in [5, 5.41) is 6.89. The highest BCUT2D eigenvalue weighted by Crippen LogP contribution is 2.25. The first-order chi connectivity index (χ1) is 12.8. The molecule has 132 valence electrons. The minimum absolute atomic E-state index is 0.248. The summed E-state index contributed by atoms with van der Waals surface area (Å²) in [7, 11) is 0. The van der Waals surface area contributed by atoms with Crippen LogP contribution in [0.3, 0.4) is 0 Å². The predicted molar refractivity (Wildman–Crippen MR) is 107 cm³/mol. The van der Waals surface area contributed by atoms with Crippen LogP contribution in [-0.2, 0) is 0 Å². The molecule has 0 unspecified atom stereocenters. The summed E-state index contributed by atoms with van der Waals surface area (Å²) in [5.74, 6) is -0.248. The quantitative estimate of drug-likeness (QED) is 0.510. The average Bonchev–Trinajstić information content (AvgIpc) is 3.35. The molecule has 26 heavy (non-hydrogen) atoms. The van der Waals surface area contributed by atoms with Crippen LogP contribution in [-0.4, -0.2) is 24.3 Å². The molecule has 3 aromatic rings. The first kappa shape index (κ1) is 16.7. The minimum atomic E-state index is -0.248. The van der Waals surface area contributed by atoms with Gasteiger partial charge >= 0.3 is 0 Å². The van der Waals surface area contributed by atoms with Crippen molar-refractivity contribution >= 4 is 28.4 Å². The van der Waals surface area contributed by atoms with E-state index in [0.29, 0.717) is 5.13 Å². The Balaban J connectivity index is 1.37. The molecule has 0 atom stereocenters. The highest BCUT2D eigenvalue weighted by Gasteiger charge is 2.11. The second-order valence-electron chi connectivity index (χ2n) is 6.20. The Labute approximate surface area is 156 Å². The van der Waals surface area contributed by atoms with Crippen LogP contribution in [0.4, 0.5) is 15.2 Å². The molecule has 0 saturated carbocycles. The lowest BCUT2D eigenvalue weighted by atomic mass is 10.2. The normalized spacial score (nSPS) is 14.3. The number of aromatic nitrogens is 1. The third kappa shape index (κ3) is 3.91. The van der Waals surface area contributed by atoms with Crippen molar-refractivity contribution in [2.45, 2.75) is 12.8 Å². The summed E-state index contributed by atoms with van der Waals surface area (Å²) in [6.45, 7) is 2.30. The topological polar surface area (TPSA) is 40.5 Å². The van der Waals surface area contributed by atoms with E-state index in [1.165, 1.54) is 42.0 Å². The third-order valence-corrected chi connectivity index (χ3v) is 5.13. The second-order valence-corrected chi connectivity index (χ2v) is 7.06. The molecule has 2 aromatic carbocycles. The summed E-state index contributed by atoms with van der Waals surface area (Å²) in [5.41, 5.74) is 6.96. The van der Waals surface area contributed by atoms with Crippen molar-refractivity contribution in [2.75, 3.05) is 23.4 Å². The van der Waals surface area contributed by atoms with Crippen LogP contribution < -0.4 is 10.3 Å². The Morgan fingerprint density at radius 2 is 1.77 bits per heavy atom. The van der Waals surface area contributed by atoms with E-state index in [-0.39, 0.29) is 5.82 Å². The van der Waals surface area contributed by atoms with Crippen molar-refractivity contribution in [1.82, 2.24) is 4.98 Å². The maximum atomic E-state index is 13.0. The largest absolute Gasteiger partial charge is 0.372 e. The minimum Gasteiger partial charge on any atom is -0.372 e. The van der Waals surface area contributed by atoms with Crippen molar-refractivity contribution in [2.24, 2.45) is 5.10 Å². The molecule has 0 radical (unpaired) electrons. The van der Waals surface area contributed by atoms with Gasteiger partial charge in [0.2, 0.25) is 5.13 Å². The predicted octanol–water partition coefficient (Wildman–Crippen LogP) is 5.00. The molecular formula is C20H19FN4S. The molecule has 6 heteroatoms. The number of nitrogens with zero attached hydrogens (tertiary/aromatic N) is 3. The Bertz CT molecular complexity index is 881. The van der Waals surface area contributed by atoms with E-state index >= 15 is 0 Å². The van der Waals surface area contributed by atoms with E-state index in [2.05, 4.69) is 44.7 Å². The lowest BCUT2D eigenvalue weighted by Gasteiger charge is -2.17. The average molecular weight is 366 g/mol. The molecule has 0 spiro atoms. The summed E-state index contributed by atoms with van der Waals surface area (Å²) < 4.78 is 13.0. The van der Waals surface area contributed by atoms with E-state index in [1.54, 1.807) is 18.3 Å². The molecule has 1 aromatic heterocycles. The number of hydrazone groups is 1. The van der Waals surface area contributed by atoms with Gasteiger partial charge in [-0.2, -0.15) is 5.10 Å². The fraction of sp³-hybridized carbons (Fsp3) is 0.200. The zero-order chi connectivity index (χ0) is 17.8. The van der Waals surface area contributed by atoms with Crippen LogP contribution in [0.5, 0.6) is 0 Å². The van der Waals surface area contributed by atoms with Gasteiger partial charge in [0.25, 0.3) is 0 Å². The summed E-state index contributed by atoms with van der Waals surface area (Å²) >= 11 is 1.47. The van der Waals surface area contributed by atoms with Gasteiger partial charge in [0.1, 0.15) is 5.82 Å². The summed E-state index contributed by atoms with van der Waals surface area (Å²) in [6.07, 6.45) is 4.34. The van der Waals surface area contributed by atoms with Crippen LogP contribution in [0.1, 0.15) is 18.4 Å². The van der Waals surface area contributed by atoms with Crippen LogP contribution in [0, 0.1) is 5.82 Å². The lowest BCUT2D eigenvalue weighted by Crippen LogP contribution is -2.17. The highest BCUT2D eigenvalue weighted by molar-refractivity contribution is 7.14. The molecule has 1 saturated heterocycles. The highest BCUT2D eigenvalue weighted by atomic mass is 32.1. The smallest absolute Gasteiger partial charge is 0.203 e. The second kappa shape index (κ2) is 7.66. The van der Waals surface area contributed by atoms with E-state index in [4.69, 9.17) is 0 Å². The molecule has 4 nitrogen and oxygen atoms in total. The van der Waals surface area contributed by atoms with Crippen LogP contribution in [0.25, 0.3) is 11.3 Å². The Kier molecular flexibility index (Phi) is 4.93. The molecular weight excluding hydrogens is 347 g/mol. The fourth-order valence-corrected chi connectivity index (χ4v) is 3.66. The molecule has 4 rings (SSSR count). The van der Waals surface area contributed by atoms with Gasteiger partial charge in [-0.25, -0.2) is 9.37 Å². The van der Waals surface area contributed by atoms with Gasteiger partial charge in [-0.15, -0.1) is 11.3 Å². The van der Waals surface area contributed by atoms with Gasteiger partial charge in [0.05, 0.1) is 11.9 Å². The molecule has 1 aliphatic rings. The number of thiazole rings is 1. The molecule has 2 heterocycles. The van der Waals surface area contributed by atoms with E-state index in [1.807, 2.05) is 5.38 Å². The van der Waals surface area contributed by atoms with E-state index in [9.17, 15) is 4.39 Å². The maximum absolute atomic E-state index is 13.0. The van der Waals surface area contributed by atoms with Crippen molar-refractivity contribution in [3.8, 4) is 11.3 Å². The van der Waals surface area contributed by atoms with Crippen molar-refractivity contribution in [3.63, 3.8) is 0 Å². The Hall–Kier alpha value is -2.73. The van der Waals surface area contributed by atoms with Crippen molar-refractivity contribution < 1.29 is 4.39 Å². The summed E-state index contributed by atoms with van der Waals surface area (Å²) in [6, 6.07) is 14.7. The van der Waals surface area contributed by atoms with Crippen LogP contribution in [0.2, 0.25) is 0 Å². The van der Waals surface area contributed by atoms with Crippen LogP contribution >= 0.6 is 11.3 Å². The van der Waals surface area contributed by atoms with Crippen molar-refractivity contribution in [3.05, 3.63) is 65.3 Å². The Morgan fingerprint density at radius 3 is 2.50 bits per heavy atom. The molecule has 1 N–H and O–H groups in total. The number of hydrogen-bond donors (Lipinski definition) is 1. The first-order valence-electron chi connectivity index (χ1n) is 8.63. The van der Waals surface area contributed by atoms with E-state index in [0.717, 1.165) is 29.9 Å². The standard InChI is InChI=1S/C20H19FN4S/c21-17-7-5-16(6-8-17)19-14-26-20(23-19)24-22-13-15-3-9-18(10-4-15)25-11-1-2-12-25/h3-10,13-14H,1-2,11-12H2,(H,23,24)/b22-13+. The van der Waals surface area contributed by atoms with Gasteiger partial charge in [-0.05, 0) is 54.8 Å². The SMILES string of the molecule is Fc1ccc(-c2csc(N/N=C/c3ccc(N4CCCC4)cc3)n2)cc1. The number of nitrogens with one attached hydrogen (secondary N) is 1. The number of benzene rings is 2. The van der Waals surface area contributed by atoms with Crippen molar-refractivity contribution in [1.29, 1.82) is 0 Å². The lowest BCUT2D eigenvalue weighted by molar-refractivity contribution is 0.628. The fourth-order valence-electron chi connectivity index (χ4n) is 2.99. The first-order valence-corrected chi connectivity index (χ1v) is 9.51. The van der Waals surface area contributed by atoms with Gasteiger partial charge < -0.3 is 4.90 Å². The zero-order valence-corrected chi connectivity index (χ0v) is 15.0. The third-order valence-electron chi connectivity index (χ3n) is 4.38. The monoisotopic (exact) mass is 366 g/mol. The number of anilines is 2.